The van der Waals surface area contributed by atoms with Gasteiger partial charge in [0.1, 0.15) is 0 Å². The Labute approximate surface area is 278 Å². The number of ether oxygens (including phenoxy) is 2. The van der Waals surface area contributed by atoms with E-state index in [1.54, 1.807) is 7.11 Å². The first-order chi connectivity index (χ1) is 22.3. The lowest BCUT2D eigenvalue weighted by molar-refractivity contribution is -0.128. The fraction of sp³-hybridized carbons (Fsp3) is 0.474. The van der Waals surface area contributed by atoms with Gasteiger partial charge in [-0.15, -0.1) is 0 Å². The molecule has 1 saturated heterocycles. The molecule has 1 aliphatic carbocycles. The number of Topliss-reactive ketones (excluding diaryl/α,β-unsaturated/α-hetero) is 1. The molecular weight excluding hydrogens is 598 g/mol. The van der Waals surface area contributed by atoms with Crippen LogP contribution in [0.4, 0.5) is 11.4 Å². The van der Waals surface area contributed by atoms with Crippen LogP contribution in [0, 0.1) is 11.8 Å². The second-order valence-corrected chi connectivity index (χ2v) is 13.6. The van der Waals surface area contributed by atoms with Crippen LogP contribution >= 0.6 is 11.6 Å². The molecule has 1 N–H and O–H groups in total. The summed E-state index contributed by atoms with van der Waals surface area (Å²) in [7, 11) is 3.69. The minimum Gasteiger partial charge on any atom is -0.493 e. The number of nitrogens with one attached hydrogen (secondary N) is 1. The molecule has 3 aromatic rings. The number of likely N-dealkylation sites (N-methyl/N-ethyl adjacent to an activating group) is 1. The number of anilines is 2. The van der Waals surface area contributed by atoms with Crippen molar-refractivity contribution < 1.29 is 19.1 Å². The minimum atomic E-state index is -0.384. The molecule has 1 amide bonds. The highest BCUT2D eigenvalue weighted by atomic mass is 35.5. The summed E-state index contributed by atoms with van der Waals surface area (Å²) in [5.41, 5.74) is 4.67. The Kier molecular flexibility index (Phi) is 9.90. The molecule has 6 rings (SSSR count). The van der Waals surface area contributed by atoms with Crippen LogP contribution in [0.1, 0.15) is 75.1 Å². The summed E-state index contributed by atoms with van der Waals surface area (Å²) < 4.78 is 12.0. The third kappa shape index (κ3) is 6.50. The monoisotopic (exact) mass is 643 g/mol. The van der Waals surface area contributed by atoms with Crippen LogP contribution in [0.25, 0.3) is 0 Å². The molecule has 3 aromatic carbocycles. The van der Waals surface area contributed by atoms with E-state index in [2.05, 4.69) is 36.3 Å². The predicted octanol–water partition coefficient (Wildman–Crippen LogP) is 7.38. The van der Waals surface area contributed by atoms with Gasteiger partial charge in [0, 0.05) is 29.4 Å². The van der Waals surface area contributed by atoms with E-state index in [4.69, 9.17) is 21.1 Å². The number of rotatable bonds is 11. The number of fused-ring (bicyclic) bond motifs is 1. The van der Waals surface area contributed by atoms with E-state index < -0.39 is 0 Å². The summed E-state index contributed by atoms with van der Waals surface area (Å²) in [5, 5.41) is 4.09. The molecule has 0 spiro atoms. The normalized spacial score (nSPS) is 20.0. The number of hydrogen-bond acceptors (Lipinski definition) is 6. The fourth-order valence-electron chi connectivity index (χ4n) is 7.22. The average molecular weight is 644 g/mol. The number of carbonyl (C=O) groups excluding carboxylic acids is 2. The summed E-state index contributed by atoms with van der Waals surface area (Å²) >= 11 is 6.30. The van der Waals surface area contributed by atoms with E-state index in [9.17, 15) is 9.59 Å². The molecule has 2 fully saturated rings. The zero-order chi connectivity index (χ0) is 32.4. The van der Waals surface area contributed by atoms with Crippen molar-refractivity contribution in [3.8, 4) is 11.5 Å². The Morgan fingerprint density at radius 1 is 1.02 bits per heavy atom. The van der Waals surface area contributed by atoms with Gasteiger partial charge in [-0.05, 0) is 123 Å². The molecule has 3 atom stereocenters. The number of ketones is 1. The van der Waals surface area contributed by atoms with Gasteiger partial charge in [-0.1, -0.05) is 37.1 Å². The number of methoxy groups -OCH3 is 1. The molecule has 3 unspecified atom stereocenters. The largest absolute Gasteiger partial charge is 0.493 e. The van der Waals surface area contributed by atoms with E-state index in [1.165, 1.54) is 0 Å². The van der Waals surface area contributed by atoms with E-state index in [0.717, 1.165) is 79.7 Å². The van der Waals surface area contributed by atoms with E-state index >= 15 is 0 Å². The maximum Gasteiger partial charge on any atom is 0.232 e. The molecule has 2 heterocycles. The number of carbonyl (C=O) groups is 2. The summed E-state index contributed by atoms with van der Waals surface area (Å²) in [4.78, 5) is 31.9. The summed E-state index contributed by atoms with van der Waals surface area (Å²) in [6.07, 6.45) is 6.28. The Hall–Kier alpha value is -3.55. The van der Waals surface area contributed by atoms with Gasteiger partial charge < -0.3 is 24.6 Å². The minimum absolute atomic E-state index is 0.000976. The molecule has 0 aromatic heterocycles. The maximum atomic E-state index is 14.0. The van der Waals surface area contributed by atoms with Crippen molar-refractivity contribution in [2.75, 3.05) is 37.0 Å². The van der Waals surface area contributed by atoms with E-state index in [0.29, 0.717) is 28.2 Å². The van der Waals surface area contributed by atoms with E-state index in [-0.39, 0.29) is 36.4 Å². The molecule has 1 saturated carbocycles. The van der Waals surface area contributed by atoms with Crippen molar-refractivity contribution in [3.63, 3.8) is 0 Å². The van der Waals surface area contributed by atoms with Crippen molar-refractivity contribution in [2.45, 2.75) is 77.0 Å². The SMILES string of the molecule is CCC(C)Oc1cc2c(cc1OC)CC(=O)N(c1ccc(N(C)C(C(=O)C3CCC3)C3CCNCC3)cc1)C2c1ccc(Cl)cc1. The topological polar surface area (TPSA) is 71.1 Å². The van der Waals surface area contributed by atoms with Crippen molar-refractivity contribution in [1.82, 2.24) is 5.32 Å². The lowest BCUT2D eigenvalue weighted by atomic mass is 9.75. The van der Waals surface area contributed by atoms with Gasteiger partial charge in [-0.3, -0.25) is 9.59 Å². The van der Waals surface area contributed by atoms with Gasteiger partial charge in [0.15, 0.2) is 17.3 Å². The molecular formula is C38H46ClN3O4. The van der Waals surface area contributed by atoms with Crippen molar-refractivity contribution in [3.05, 3.63) is 82.4 Å². The van der Waals surface area contributed by atoms with Gasteiger partial charge >= 0.3 is 0 Å². The first-order valence-corrected chi connectivity index (χ1v) is 17.2. The van der Waals surface area contributed by atoms with Crippen LogP contribution in [0.2, 0.25) is 5.02 Å². The average Bonchev–Trinajstić information content (AvgIpc) is 3.04. The van der Waals surface area contributed by atoms with E-state index in [1.807, 2.05) is 60.4 Å². The second kappa shape index (κ2) is 14.1. The molecule has 0 radical (unpaired) electrons. The van der Waals surface area contributed by atoms with Crippen molar-refractivity contribution in [2.24, 2.45) is 11.8 Å². The van der Waals surface area contributed by atoms with Gasteiger partial charge in [-0.25, -0.2) is 0 Å². The van der Waals surface area contributed by atoms with Crippen molar-refractivity contribution >= 4 is 34.7 Å². The lowest BCUT2D eigenvalue weighted by Crippen LogP contribution is -2.50. The number of amides is 1. The molecule has 0 bridgehead atoms. The molecule has 46 heavy (non-hydrogen) atoms. The number of halogens is 1. The van der Waals surface area contributed by atoms with Crippen LogP contribution < -0.4 is 24.6 Å². The number of benzene rings is 3. The Morgan fingerprint density at radius 3 is 2.33 bits per heavy atom. The number of piperidine rings is 1. The predicted molar refractivity (Wildman–Crippen MR) is 184 cm³/mol. The highest BCUT2D eigenvalue weighted by Crippen LogP contribution is 2.44. The van der Waals surface area contributed by atoms with Crippen LogP contribution in [0.15, 0.2) is 60.7 Å². The van der Waals surface area contributed by atoms with Crippen LogP contribution in [0.5, 0.6) is 11.5 Å². The third-order valence-electron chi connectivity index (χ3n) is 10.3. The zero-order valence-electron chi connectivity index (χ0n) is 27.4. The first-order valence-electron chi connectivity index (χ1n) is 16.8. The summed E-state index contributed by atoms with van der Waals surface area (Å²) in [5.74, 6) is 2.20. The van der Waals surface area contributed by atoms with Gasteiger partial charge in [-0.2, -0.15) is 0 Å². The third-order valence-corrected chi connectivity index (χ3v) is 10.5. The van der Waals surface area contributed by atoms with Crippen LogP contribution in [-0.4, -0.2) is 51.1 Å². The maximum absolute atomic E-state index is 14.0. The summed E-state index contributed by atoms with van der Waals surface area (Å²) in [6.45, 7) is 6.03. The Balaban J connectivity index is 1.36. The number of nitrogens with zero attached hydrogens (tertiary/aromatic N) is 2. The van der Waals surface area contributed by atoms with Crippen LogP contribution in [0.3, 0.4) is 0 Å². The molecule has 244 valence electrons. The first kappa shape index (κ1) is 32.4. The highest BCUT2D eigenvalue weighted by Gasteiger charge is 2.39. The molecule has 7 nitrogen and oxygen atoms in total. The second-order valence-electron chi connectivity index (χ2n) is 13.1. The van der Waals surface area contributed by atoms with Crippen molar-refractivity contribution in [1.29, 1.82) is 0 Å². The lowest BCUT2D eigenvalue weighted by Gasteiger charge is -2.41. The fourth-order valence-corrected chi connectivity index (χ4v) is 7.34. The Morgan fingerprint density at radius 2 is 1.72 bits per heavy atom. The molecule has 3 aliphatic rings. The smallest absolute Gasteiger partial charge is 0.232 e. The molecule has 8 heteroatoms. The molecule has 2 aliphatic heterocycles. The highest BCUT2D eigenvalue weighted by molar-refractivity contribution is 6.30. The Bertz CT molecular complexity index is 1530. The zero-order valence-corrected chi connectivity index (χ0v) is 28.2. The summed E-state index contributed by atoms with van der Waals surface area (Å²) in [6, 6.07) is 19.3. The van der Waals surface area contributed by atoms with Gasteiger partial charge in [0.25, 0.3) is 0 Å². The van der Waals surface area contributed by atoms with Crippen LogP contribution in [-0.2, 0) is 16.0 Å². The quantitative estimate of drug-likeness (QED) is 0.235. The standard InChI is InChI=1S/C38H46ClN3O4/c1-5-24(2)46-34-23-32-28(21-33(34)45-4)22-35(43)42(36(32)25-9-11-29(39)12-10-25)31-15-13-30(14-16-31)41(3)37(26-17-19-40-20-18-26)38(44)27-7-6-8-27/h9-16,21,23-24,26-27,36-37,40H,5-8,17-20,22H2,1-4H3. The van der Waals surface area contributed by atoms with Gasteiger partial charge in [0.2, 0.25) is 5.91 Å². The van der Waals surface area contributed by atoms with Gasteiger partial charge in [0.05, 0.1) is 31.7 Å². The number of hydrogen-bond donors (Lipinski definition) is 1.